The highest BCUT2D eigenvalue weighted by molar-refractivity contribution is 7.21. The molecule has 276 valence electrons. The van der Waals surface area contributed by atoms with Crippen molar-refractivity contribution in [2.24, 2.45) is 0 Å². The molecule has 12 rings (SSSR count). The van der Waals surface area contributed by atoms with Crippen LogP contribution in [0, 0.1) is 0 Å². The summed E-state index contributed by atoms with van der Waals surface area (Å²) in [5.41, 5.74) is 11.5. The van der Waals surface area contributed by atoms with Gasteiger partial charge in [-0.05, 0) is 47.5 Å². The van der Waals surface area contributed by atoms with Gasteiger partial charge in [0.2, 0.25) is 5.95 Å². The molecule has 6 nitrogen and oxygen atoms in total. The van der Waals surface area contributed by atoms with Crippen molar-refractivity contribution >= 4 is 65.2 Å². The van der Waals surface area contributed by atoms with Gasteiger partial charge < -0.3 is 4.57 Å². The highest BCUT2D eigenvalue weighted by atomic mass is 32.1. The predicted octanol–water partition coefficient (Wildman–Crippen LogP) is 13.3. The Morgan fingerprint density at radius 1 is 0.356 bits per heavy atom. The smallest absolute Gasteiger partial charge is 0.238 e. The van der Waals surface area contributed by atoms with E-state index in [2.05, 4.69) is 173 Å². The van der Waals surface area contributed by atoms with Gasteiger partial charge in [-0.25, -0.2) is 9.97 Å². The minimum atomic E-state index is 0.555. The zero-order valence-electron chi connectivity index (χ0n) is 31.6. The average Bonchev–Trinajstić information content (AvgIpc) is 4.00. The number of fused-ring (bicyclic) bond motifs is 8. The Morgan fingerprint density at radius 2 is 0.881 bits per heavy atom. The molecule has 12 aromatic rings. The summed E-state index contributed by atoms with van der Waals surface area (Å²) >= 11 is 1.72. The summed E-state index contributed by atoms with van der Waals surface area (Å²) in [6.07, 6.45) is 0. The molecular weight excluding hydrogens is 741 g/mol. The predicted molar refractivity (Wildman–Crippen MR) is 243 cm³/mol. The molecule has 0 amide bonds. The lowest BCUT2D eigenvalue weighted by atomic mass is 10.0. The van der Waals surface area contributed by atoms with Crippen molar-refractivity contribution in [1.82, 2.24) is 29.1 Å². The quantitative estimate of drug-likeness (QED) is 0.169. The molecule has 0 aliphatic heterocycles. The molecule has 0 aliphatic rings. The van der Waals surface area contributed by atoms with E-state index in [-0.39, 0.29) is 0 Å². The number of nitrogens with zero attached hydrogens (tertiary/aromatic N) is 6. The summed E-state index contributed by atoms with van der Waals surface area (Å²) in [6.45, 7) is 0. The zero-order valence-corrected chi connectivity index (χ0v) is 32.4. The van der Waals surface area contributed by atoms with Crippen LogP contribution in [0.5, 0.6) is 0 Å². The average molecular weight is 773 g/mol. The van der Waals surface area contributed by atoms with Crippen LogP contribution < -0.4 is 0 Å². The highest BCUT2D eigenvalue weighted by Gasteiger charge is 2.24. The van der Waals surface area contributed by atoms with E-state index in [4.69, 9.17) is 19.9 Å². The van der Waals surface area contributed by atoms with Crippen LogP contribution in [0.15, 0.2) is 194 Å². The van der Waals surface area contributed by atoms with Gasteiger partial charge in [0.1, 0.15) is 5.01 Å². The Morgan fingerprint density at radius 3 is 1.58 bits per heavy atom. The summed E-state index contributed by atoms with van der Waals surface area (Å²) in [6, 6.07) is 68.0. The first-order valence-electron chi connectivity index (χ1n) is 19.6. The molecular formula is C52H32N6S. The molecule has 0 unspecified atom stereocenters. The van der Waals surface area contributed by atoms with Crippen LogP contribution in [0.3, 0.4) is 0 Å². The third kappa shape index (κ3) is 5.47. The van der Waals surface area contributed by atoms with Crippen molar-refractivity contribution in [3.63, 3.8) is 0 Å². The minimum Gasteiger partial charge on any atom is -0.307 e. The van der Waals surface area contributed by atoms with Gasteiger partial charge in [0.05, 0.1) is 32.3 Å². The molecule has 0 saturated heterocycles. The van der Waals surface area contributed by atoms with Gasteiger partial charge >= 0.3 is 0 Å². The fraction of sp³-hybridized carbons (Fsp3) is 0. The van der Waals surface area contributed by atoms with Crippen molar-refractivity contribution in [3.8, 4) is 56.1 Å². The van der Waals surface area contributed by atoms with E-state index in [9.17, 15) is 0 Å². The standard InChI is InChI=1S/C52H32N6S/c1-3-14-33(15-4-1)34-26-28-36(29-27-34)50-54-49(35-16-5-2-6-17-35)55-52(56-50)58-45-24-11-8-21-40(45)42-31-30-41-39-20-7-10-23-44(39)57(47(41)48(42)58)38-19-13-18-37(32-38)51-53-43-22-9-12-25-46(43)59-51/h1-32H. The highest BCUT2D eigenvalue weighted by Crippen LogP contribution is 2.42. The second-order valence-electron chi connectivity index (χ2n) is 14.7. The Labute approximate surface area is 343 Å². The SMILES string of the molecule is c1ccc(-c2ccc(-c3nc(-c4ccccc4)nc(-n4c5ccccc5c5ccc6c7ccccc7n(-c7cccc(-c8nc9ccccc9s8)c7)c6c54)n3)cc2)cc1. The Bertz CT molecular complexity index is 3510. The molecule has 0 spiro atoms. The Kier molecular flexibility index (Phi) is 7.61. The number of benzene rings is 8. The fourth-order valence-electron chi connectivity index (χ4n) is 8.50. The minimum absolute atomic E-state index is 0.555. The van der Waals surface area contributed by atoms with Crippen LogP contribution in [0.4, 0.5) is 0 Å². The summed E-state index contributed by atoms with van der Waals surface area (Å²) in [5, 5.41) is 5.56. The van der Waals surface area contributed by atoms with Crippen molar-refractivity contribution in [1.29, 1.82) is 0 Å². The van der Waals surface area contributed by atoms with Crippen LogP contribution in [0.1, 0.15) is 0 Å². The van der Waals surface area contributed by atoms with Crippen molar-refractivity contribution in [2.75, 3.05) is 0 Å². The fourth-order valence-corrected chi connectivity index (χ4v) is 9.46. The first-order chi connectivity index (χ1) is 29.2. The van der Waals surface area contributed by atoms with Crippen molar-refractivity contribution < 1.29 is 0 Å². The zero-order chi connectivity index (χ0) is 38.9. The van der Waals surface area contributed by atoms with Gasteiger partial charge in [-0.3, -0.25) is 4.57 Å². The molecule has 0 bridgehead atoms. The molecule has 0 saturated carbocycles. The van der Waals surface area contributed by atoms with E-state index >= 15 is 0 Å². The second-order valence-corrected chi connectivity index (χ2v) is 15.7. The first kappa shape index (κ1) is 33.4. The molecule has 0 atom stereocenters. The van der Waals surface area contributed by atoms with Gasteiger partial charge in [0, 0.05) is 43.9 Å². The largest absolute Gasteiger partial charge is 0.307 e. The van der Waals surface area contributed by atoms with E-state index in [1.54, 1.807) is 11.3 Å². The third-order valence-electron chi connectivity index (χ3n) is 11.2. The van der Waals surface area contributed by atoms with Gasteiger partial charge in [0.15, 0.2) is 11.6 Å². The Hall–Kier alpha value is -7.74. The van der Waals surface area contributed by atoms with Gasteiger partial charge in [-0.1, -0.05) is 158 Å². The lowest BCUT2D eigenvalue weighted by Crippen LogP contribution is -2.07. The lowest BCUT2D eigenvalue weighted by molar-refractivity contribution is 0.953. The number of aromatic nitrogens is 6. The van der Waals surface area contributed by atoms with Gasteiger partial charge in [-0.2, -0.15) is 9.97 Å². The summed E-state index contributed by atoms with van der Waals surface area (Å²) in [4.78, 5) is 20.8. The van der Waals surface area contributed by atoms with Gasteiger partial charge in [-0.15, -0.1) is 11.3 Å². The van der Waals surface area contributed by atoms with E-state index in [1.165, 1.54) is 10.1 Å². The topological polar surface area (TPSA) is 61.4 Å². The summed E-state index contributed by atoms with van der Waals surface area (Å²) in [7, 11) is 0. The number of hydrogen-bond acceptors (Lipinski definition) is 5. The normalized spacial score (nSPS) is 11.7. The third-order valence-corrected chi connectivity index (χ3v) is 12.3. The molecule has 0 fully saturated rings. The van der Waals surface area contributed by atoms with Crippen LogP contribution in [-0.2, 0) is 0 Å². The molecule has 0 N–H and O–H groups in total. The number of thiazole rings is 1. The lowest BCUT2D eigenvalue weighted by Gasteiger charge is -2.14. The van der Waals surface area contributed by atoms with Crippen molar-refractivity contribution in [2.45, 2.75) is 0 Å². The molecule has 4 aromatic heterocycles. The van der Waals surface area contributed by atoms with E-state index in [0.29, 0.717) is 17.6 Å². The number of para-hydroxylation sites is 3. The maximum Gasteiger partial charge on any atom is 0.238 e. The van der Waals surface area contributed by atoms with Crippen LogP contribution in [-0.4, -0.2) is 29.1 Å². The summed E-state index contributed by atoms with van der Waals surface area (Å²) < 4.78 is 5.83. The summed E-state index contributed by atoms with van der Waals surface area (Å²) in [5.74, 6) is 1.77. The molecule has 0 radical (unpaired) electrons. The van der Waals surface area contributed by atoms with Crippen LogP contribution >= 0.6 is 11.3 Å². The second kappa shape index (κ2) is 13.4. The maximum absolute atomic E-state index is 5.34. The first-order valence-corrected chi connectivity index (χ1v) is 20.5. The monoisotopic (exact) mass is 772 g/mol. The number of hydrogen-bond donors (Lipinski definition) is 0. The maximum atomic E-state index is 5.34. The molecule has 8 aromatic carbocycles. The van der Waals surface area contributed by atoms with E-state index in [0.717, 1.165) is 82.3 Å². The van der Waals surface area contributed by atoms with Crippen LogP contribution in [0.2, 0.25) is 0 Å². The Balaban J connectivity index is 1.14. The molecule has 59 heavy (non-hydrogen) atoms. The molecule has 7 heteroatoms. The number of rotatable bonds is 6. The van der Waals surface area contributed by atoms with Gasteiger partial charge in [0.25, 0.3) is 0 Å². The van der Waals surface area contributed by atoms with Crippen LogP contribution in [0.25, 0.3) is 110 Å². The van der Waals surface area contributed by atoms with Crippen molar-refractivity contribution in [3.05, 3.63) is 194 Å². The van der Waals surface area contributed by atoms with E-state index in [1.807, 2.05) is 30.3 Å². The molecule has 4 heterocycles. The molecule has 0 aliphatic carbocycles. The van der Waals surface area contributed by atoms with E-state index < -0.39 is 0 Å².